The molecular weight excluding hydrogens is 416 g/mol. The highest BCUT2D eigenvalue weighted by molar-refractivity contribution is 8.11. The Balaban J connectivity index is 1.79. The highest BCUT2D eigenvalue weighted by Gasteiger charge is 2.39. The van der Waals surface area contributed by atoms with Crippen LogP contribution >= 0.6 is 24.4 Å². The van der Waals surface area contributed by atoms with Crippen molar-refractivity contribution in [2.75, 3.05) is 18.5 Å². The molecule has 1 heterocycles. The molecule has 0 bridgehead atoms. The molecule has 0 saturated heterocycles. The van der Waals surface area contributed by atoms with E-state index in [-0.39, 0.29) is 16.5 Å². The number of nitrogens with two attached hydrogens (primary N) is 2. The Morgan fingerprint density at radius 2 is 1.83 bits per heavy atom. The molecule has 2 amide bonds. The number of rotatable bonds is 8. The third kappa shape index (κ3) is 5.00. The lowest BCUT2D eigenvalue weighted by molar-refractivity contribution is -0.139. The molecule has 0 saturated carbocycles. The molecule has 2 aromatic carbocycles. The molecule has 0 aromatic heterocycles. The van der Waals surface area contributed by atoms with Gasteiger partial charge < -0.3 is 16.4 Å². The quantitative estimate of drug-likeness (QED) is 0.544. The number of thioether (sulfide) groups is 1. The predicted octanol–water partition coefficient (Wildman–Crippen LogP) is 2.47. The van der Waals surface area contributed by atoms with Crippen LogP contribution in [-0.4, -0.2) is 47.1 Å². The maximum Gasteiger partial charge on any atom is 0.251 e. The van der Waals surface area contributed by atoms with Crippen LogP contribution in [0.4, 0.5) is 5.69 Å². The first kappa shape index (κ1) is 22.7. The summed E-state index contributed by atoms with van der Waals surface area (Å²) < 4.78 is -0.336. The van der Waals surface area contributed by atoms with Gasteiger partial charge in [0, 0.05) is 11.9 Å². The molecule has 0 spiro atoms. The molecule has 4 N–H and O–H groups in total. The van der Waals surface area contributed by atoms with Gasteiger partial charge in [-0.1, -0.05) is 54.2 Å². The lowest BCUT2D eigenvalue weighted by Crippen LogP contribution is -2.54. The van der Waals surface area contributed by atoms with Crippen molar-refractivity contribution in [3.8, 4) is 0 Å². The third-order valence-corrected chi connectivity index (χ3v) is 6.78. The summed E-state index contributed by atoms with van der Waals surface area (Å²) >= 11 is 6.11. The topological polar surface area (TPSA) is 92.7 Å². The van der Waals surface area contributed by atoms with Crippen LogP contribution in [0, 0.1) is 0 Å². The summed E-state index contributed by atoms with van der Waals surface area (Å²) in [7, 11) is 1.65. The summed E-state index contributed by atoms with van der Waals surface area (Å²) in [6.45, 7) is 0.442. The monoisotopic (exact) mass is 444 g/mol. The molecule has 160 valence electrons. The van der Waals surface area contributed by atoms with Gasteiger partial charge in [0.15, 0.2) is 0 Å². The van der Waals surface area contributed by atoms with Gasteiger partial charge in [0.25, 0.3) is 5.91 Å². The normalized spacial score (nSPS) is 17.3. The van der Waals surface area contributed by atoms with E-state index in [1.54, 1.807) is 11.9 Å². The minimum absolute atomic E-state index is 0.163. The summed E-state index contributed by atoms with van der Waals surface area (Å²) in [5, 5.41) is 0. The fourth-order valence-corrected chi connectivity index (χ4v) is 5.17. The molecule has 1 aliphatic rings. The van der Waals surface area contributed by atoms with Crippen molar-refractivity contribution in [2.45, 2.75) is 40.9 Å². The van der Waals surface area contributed by atoms with Gasteiger partial charge in [0.05, 0.1) is 11.7 Å². The van der Waals surface area contributed by atoms with E-state index in [0.717, 1.165) is 16.1 Å². The summed E-state index contributed by atoms with van der Waals surface area (Å²) in [6, 6.07) is 16.0. The second-order valence-corrected chi connectivity index (χ2v) is 9.27. The van der Waals surface area contributed by atoms with E-state index >= 15 is 0 Å². The summed E-state index contributed by atoms with van der Waals surface area (Å²) in [6.07, 6.45) is 1.51. The number of carbonyl (C=O) groups excluding carboxylic acids is 2. The van der Waals surface area contributed by atoms with Gasteiger partial charge in [-0.15, -0.1) is 12.6 Å². The van der Waals surface area contributed by atoms with E-state index in [9.17, 15) is 9.59 Å². The van der Waals surface area contributed by atoms with E-state index in [4.69, 9.17) is 11.5 Å². The lowest BCUT2D eigenvalue weighted by atomic mass is 10.0. The molecule has 0 fully saturated rings. The number of anilines is 1. The first-order chi connectivity index (χ1) is 14.4. The lowest BCUT2D eigenvalue weighted by Gasteiger charge is -2.33. The number of likely N-dealkylation sites (N-methyl/N-ethyl adjacent to an activating group) is 1. The van der Waals surface area contributed by atoms with Crippen molar-refractivity contribution < 1.29 is 9.59 Å². The SMILES string of the molecule is CN(C(=O)[C@H](N)Cc1ccccc1)[C@@H](CCCN)C(=O)N1c2ccccc2SC1S. The molecule has 0 radical (unpaired) electrons. The Bertz CT molecular complexity index is 880. The number of nitrogens with zero attached hydrogens (tertiary/aromatic N) is 2. The number of thiol groups is 1. The molecule has 3 atom stereocenters. The van der Waals surface area contributed by atoms with Gasteiger partial charge in [0.1, 0.15) is 10.7 Å². The molecular formula is C22H28N4O2S2. The number of amides is 2. The highest BCUT2D eigenvalue weighted by atomic mass is 32.2. The fourth-order valence-electron chi connectivity index (χ4n) is 3.59. The molecule has 3 rings (SSSR count). The third-order valence-electron chi connectivity index (χ3n) is 5.21. The van der Waals surface area contributed by atoms with Crippen LogP contribution in [0.2, 0.25) is 0 Å². The average Bonchev–Trinajstić information content (AvgIpc) is 3.09. The van der Waals surface area contributed by atoms with Crippen LogP contribution in [0.15, 0.2) is 59.5 Å². The van der Waals surface area contributed by atoms with Crippen LogP contribution in [-0.2, 0) is 16.0 Å². The van der Waals surface area contributed by atoms with Crippen molar-refractivity contribution in [1.29, 1.82) is 0 Å². The van der Waals surface area contributed by atoms with Gasteiger partial charge >= 0.3 is 0 Å². The van der Waals surface area contributed by atoms with Crippen molar-refractivity contribution >= 4 is 41.9 Å². The summed E-state index contributed by atoms with van der Waals surface area (Å²) in [4.78, 5) is 30.8. The van der Waals surface area contributed by atoms with E-state index in [0.29, 0.717) is 25.8 Å². The van der Waals surface area contributed by atoms with E-state index in [2.05, 4.69) is 12.6 Å². The first-order valence-electron chi connectivity index (χ1n) is 9.97. The number of hydrogen-bond donors (Lipinski definition) is 3. The van der Waals surface area contributed by atoms with Gasteiger partial charge in [-0.25, -0.2) is 0 Å². The Kier molecular flexibility index (Phi) is 7.82. The Morgan fingerprint density at radius 1 is 1.17 bits per heavy atom. The number of fused-ring (bicyclic) bond motifs is 1. The van der Waals surface area contributed by atoms with E-state index < -0.39 is 12.1 Å². The minimum atomic E-state index is -0.724. The van der Waals surface area contributed by atoms with E-state index in [1.165, 1.54) is 16.7 Å². The van der Waals surface area contributed by atoms with Gasteiger partial charge in [-0.2, -0.15) is 0 Å². The number of carbonyl (C=O) groups is 2. The number of hydrogen-bond acceptors (Lipinski definition) is 6. The van der Waals surface area contributed by atoms with Crippen LogP contribution < -0.4 is 16.4 Å². The highest BCUT2D eigenvalue weighted by Crippen LogP contribution is 2.45. The standard InChI is InChI=1S/C22H28N4O2S2/c1-25(20(27)16(24)14-15-8-3-2-4-9-15)18(11-7-13-23)21(28)26-17-10-5-6-12-19(17)30-22(26)29/h2-6,8-10,12,16,18,22,29H,7,11,13-14,23-24H2,1H3/t16-,18+,22?/m1/s1. The average molecular weight is 445 g/mol. The molecule has 6 nitrogen and oxygen atoms in total. The Labute approximate surface area is 187 Å². The van der Waals surface area contributed by atoms with Crippen LogP contribution in [0.5, 0.6) is 0 Å². The molecule has 1 aliphatic heterocycles. The predicted molar refractivity (Wildman–Crippen MR) is 126 cm³/mol. The van der Waals surface area contributed by atoms with Crippen LogP contribution in [0.25, 0.3) is 0 Å². The second-order valence-electron chi connectivity index (χ2n) is 7.31. The van der Waals surface area contributed by atoms with E-state index in [1.807, 2.05) is 54.6 Å². The second kappa shape index (κ2) is 10.3. The fraction of sp³-hybridized carbons (Fsp3) is 0.364. The Morgan fingerprint density at radius 3 is 2.53 bits per heavy atom. The molecule has 8 heteroatoms. The zero-order valence-electron chi connectivity index (χ0n) is 17.0. The first-order valence-corrected chi connectivity index (χ1v) is 11.4. The van der Waals surface area contributed by atoms with Crippen molar-refractivity contribution in [3.05, 3.63) is 60.2 Å². The molecule has 0 aliphatic carbocycles. The molecule has 1 unspecified atom stereocenters. The van der Waals surface area contributed by atoms with Crippen molar-refractivity contribution in [2.24, 2.45) is 11.5 Å². The summed E-state index contributed by atoms with van der Waals surface area (Å²) in [5.74, 6) is -0.422. The van der Waals surface area contributed by atoms with Crippen LogP contribution in [0.1, 0.15) is 18.4 Å². The smallest absolute Gasteiger partial charge is 0.251 e. The van der Waals surface area contributed by atoms with Gasteiger partial charge in [-0.05, 0) is 43.5 Å². The number of benzene rings is 2. The summed E-state index contributed by atoms with van der Waals surface area (Å²) in [5.41, 5.74) is 13.7. The minimum Gasteiger partial charge on any atom is -0.332 e. The van der Waals surface area contributed by atoms with Gasteiger partial charge in [-0.3, -0.25) is 14.5 Å². The zero-order valence-corrected chi connectivity index (χ0v) is 18.7. The van der Waals surface area contributed by atoms with Crippen LogP contribution in [0.3, 0.4) is 0 Å². The molecule has 30 heavy (non-hydrogen) atoms. The Hall–Kier alpha value is -2.00. The maximum atomic E-state index is 13.5. The maximum absolute atomic E-state index is 13.5. The largest absolute Gasteiger partial charge is 0.332 e. The van der Waals surface area contributed by atoms with Crippen molar-refractivity contribution in [1.82, 2.24) is 4.90 Å². The van der Waals surface area contributed by atoms with Crippen molar-refractivity contribution in [3.63, 3.8) is 0 Å². The van der Waals surface area contributed by atoms with Gasteiger partial charge in [0.2, 0.25) is 5.91 Å². The molecule has 2 aromatic rings. The zero-order chi connectivity index (χ0) is 21.7. The number of para-hydroxylation sites is 1.